The molecule has 0 spiro atoms. The van der Waals surface area contributed by atoms with Gasteiger partial charge in [0, 0.05) is 10.5 Å². The van der Waals surface area contributed by atoms with Crippen molar-refractivity contribution >= 4 is 27.8 Å². The number of hydrogen-bond donors (Lipinski definition) is 1. The van der Waals surface area contributed by atoms with Crippen molar-refractivity contribution in [2.24, 2.45) is 0 Å². The maximum atomic E-state index is 13.7. The Morgan fingerprint density at radius 1 is 1.17 bits per heavy atom. The van der Waals surface area contributed by atoms with Gasteiger partial charge < -0.3 is 10.1 Å². The summed E-state index contributed by atoms with van der Waals surface area (Å²) < 4.78 is 32.2. The van der Waals surface area contributed by atoms with Gasteiger partial charge in [-0.2, -0.15) is 0 Å². The molecular formula is C17H14BrF2NO3. The van der Waals surface area contributed by atoms with Gasteiger partial charge in [0.15, 0.2) is 0 Å². The van der Waals surface area contributed by atoms with Crippen molar-refractivity contribution in [3.05, 3.63) is 69.7 Å². The summed E-state index contributed by atoms with van der Waals surface area (Å²) in [6.07, 6.45) is -0.118. The molecule has 1 N–H and O–H groups in total. The van der Waals surface area contributed by atoms with Gasteiger partial charge in [0.05, 0.1) is 25.1 Å². The minimum absolute atomic E-state index is 0.118. The summed E-state index contributed by atoms with van der Waals surface area (Å²) in [5, 5.41) is 2.58. The molecule has 0 aliphatic carbocycles. The van der Waals surface area contributed by atoms with Gasteiger partial charge in [-0.25, -0.2) is 8.78 Å². The number of esters is 1. The van der Waals surface area contributed by atoms with Crippen LogP contribution in [0.3, 0.4) is 0 Å². The zero-order valence-corrected chi connectivity index (χ0v) is 14.3. The molecule has 0 saturated heterocycles. The van der Waals surface area contributed by atoms with Gasteiger partial charge in [0.1, 0.15) is 11.6 Å². The Morgan fingerprint density at radius 2 is 1.83 bits per heavy atom. The number of nitrogens with one attached hydrogen (secondary N) is 1. The lowest BCUT2D eigenvalue weighted by molar-refractivity contribution is -0.141. The highest BCUT2D eigenvalue weighted by molar-refractivity contribution is 9.10. The first kappa shape index (κ1) is 18.1. The molecule has 0 heterocycles. The van der Waals surface area contributed by atoms with E-state index in [1.807, 2.05) is 0 Å². The van der Waals surface area contributed by atoms with E-state index in [1.54, 1.807) is 24.3 Å². The summed E-state index contributed by atoms with van der Waals surface area (Å²) in [5.41, 5.74) is 0.350. The molecule has 126 valence electrons. The summed E-state index contributed by atoms with van der Waals surface area (Å²) >= 11 is 3.30. The number of halogens is 3. The molecule has 1 amide bonds. The third-order valence-electron chi connectivity index (χ3n) is 3.35. The van der Waals surface area contributed by atoms with E-state index in [1.165, 1.54) is 7.11 Å². The normalized spacial score (nSPS) is 11.7. The summed E-state index contributed by atoms with van der Waals surface area (Å²) in [5.74, 6) is -3.02. The molecular weight excluding hydrogens is 384 g/mol. The maximum Gasteiger partial charge on any atom is 0.307 e. The molecule has 0 aromatic heterocycles. The topological polar surface area (TPSA) is 55.4 Å². The van der Waals surface area contributed by atoms with E-state index in [9.17, 15) is 18.4 Å². The molecule has 0 bridgehead atoms. The van der Waals surface area contributed by atoms with Crippen LogP contribution in [0, 0.1) is 11.6 Å². The summed E-state index contributed by atoms with van der Waals surface area (Å²) in [6, 6.07) is 8.92. The summed E-state index contributed by atoms with van der Waals surface area (Å²) in [6.45, 7) is 0. The van der Waals surface area contributed by atoms with Crippen LogP contribution in [0.2, 0.25) is 0 Å². The van der Waals surface area contributed by atoms with Crippen LogP contribution in [0.25, 0.3) is 0 Å². The zero-order chi connectivity index (χ0) is 17.7. The minimum Gasteiger partial charge on any atom is -0.469 e. The van der Waals surface area contributed by atoms with E-state index in [4.69, 9.17) is 0 Å². The van der Waals surface area contributed by atoms with Gasteiger partial charge >= 0.3 is 5.97 Å². The number of hydrogen-bond acceptors (Lipinski definition) is 3. The molecule has 4 nitrogen and oxygen atoms in total. The van der Waals surface area contributed by atoms with Gasteiger partial charge in [-0.3, -0.25) is 9.59 Å². The number of amides is 1. The predicted molar refractivity (Wildman–Crippen MR) is 87.3 cm³/mol. The van der Waals surface area contributed by atoms with Gasteiger partial charge in [0.2, 0.25) is 0 Å². The van der Waals surface area contributed by atoms with Crippen molar-refractivity contribution in [1.29, 1.82) is 0 Å². The van der Waals surface area contributed by atoms with Crippen LogP contribution in [0.15, 0.2) is 46.9 Å². The lowest BCUT2D eigenvalue weighted by Gasteiger charge is -2.18. The number of methoxy groups -OCH3 is 1. The fourth-order valence-electron chi connectivity index (χ4n) is 2.11. The average Bonchev–Trinajstić information content (AvgIpc) is 2.54. The first-order chi connectivity index (χ1) is 11.4. The molecule has 1 atom stereocenters. The molecule has 0 aliphatic rings. The van der Waals surface area contributed by atoms with E-state index in [2.05, 4.69) is 26.0 Å². The lowest BCUT2D eigenvalue weighted by Crippen LogP contribution is -2.31. The van der Waals surface area contributed by atoms with Gasteiger partial charge in [-0.05, 0) is 29.8 Å². The SMILES string of the molecule is COC(=O)CC(NC(=O)c1ccc(F)cc1F)c1ccc(Br)cc1. The standard InChI is InChI=1S/C17H14BrF2NO3/c1-24-16(22)9-15(10-2-4-11(18)5-3-10)21-17(23)13-7-6-12(19)8-14(13)20/h2-8,15H,9H2,1H3,(H,21,23). The smallest absolute Gasteiger partial charge is 0.307 e. The highest BCUT2D eigenvalue weighted by Gasteiger charge is 2.21. The average molecular weight is 398 g/mol. The second-order valence-electron chi connectivity index (χ2n) is 4.98. The number of benzene rings is 2. The van der Waals surface area contributed by atoms with E-state index in [0.717, 1.165) is 16.6 Å². The first-order valence-corrected chi connectivity index (χ1v) is 7.78. The van der Waals surface area contributed by atoms with Crippen molar-refractivity contribution in [3.63, 3.8) is 0 Å². The second-order valence-corrected chi connectivity index (χ2v) is 5.90. The van der Waals surface area contributed by atoms with Crippen LogP contribution in [0.1, 0.15) is 28.4 Å². The number of rotatable bonds is 5. The van der Waals surface area contributed by atoms with Crippen molar-refractivity contribution in [2.75, 3.05) is 7.11 Å². The molecule has 2 aromatic rings. The quantitative estimate of drug-likeness (QED) is 0.781. The van der Waals surface area contributed by atoms with Crippen LogP contribution in [0.4, 0.5) is 8.78 Å². The molecule has 7 heteroatoms. The molecule has 0 aliphatic heterocycles. The Bertz CT molecular complexity index is 750. The fraction of sp³-hybridized carbons (Fsp3) is 0.176. The van der Waals surface area contributed by atoms with Gasteiger partial charge in [-0.1, -0.05) is 28.1 Å². The van der Waals surface area contributed by atoms with Crippen LogP contribution < -0.4 is 5.32 Å². The molecule has 24 heavy (non-hydrogen) atoms. The Kier molecular flexibility index (Phi) is 6.03. The van der Waals surface area contributed by atoms with Crippen molar-refractivity contribution in [3.8, 4) is 0 Å². The first-order valence-electron chi connectivity index (χ1n) is 6.99. The van der Waals surface area contributed by atoms with Crippen LogP contribution in [-0.4, -0.2) is 19.0 Å². The third kappa shape index (κ3) is 4.61. The number of carbonyl (C=O) groups excluding carboxylic acids is 2. The van der Waals surface area contributed by atoms with E-state index in [0.29, 0.717) is 11.6 Å². The molecule has 2 aromatic carbocycles. The Labute approximate surface area is 145 Å². The number of carbonyl (C=O) groups is 2. The molecule has 0 saturated carbocycles. The molecule has 1 unspecified atom stereocenters. The predicted octanol–water partition coefficient (Wildman–Crippen LogP) is 3.76. The van der Waals surface area contributed by atoms with Gasteiger partial charge in [0.25, 0.3) is 5.91 Å². The van der Waals surface area contributed by atoms with Gasteiger partial charge in [-0.15, -0.1) is 0 Å². The Morgan fingerprint density at radius 3 is 2.42 bits per heavy atom. The molecule has 0 fully saturated rings. The maximum absolute atomic E-state index is 13.7. The van der Waals surface area contributed by atoms with E-state index in [-0.39, 0.29) is 12.0 Å². The minimum atomic E-state index is -0.972. The molecule has 0 radical (unpaired) electrons. The van der Waals surface area contributed by atoms with Crippen molar-refractivity contribution < 1.29 is 23.1 Å². The second kappa shape index (κ2) is 8.01. The van der Waals surface area contributed by atoms with Crippen LogP contribution >= 0.6 is 15.9 Å². The summed E-state index contributed by atoms with van der Waals surface area (Å²) in [7, 11) is 1.24. The monoisotopic (exact) mass is 397 g/mol. The fourth-order valence-corrected chi connectivity index (χ4v) is 2.37. The Hall–Kier alpha value is -2.28. The van der Waals surface area contributed by atoms with Crippen LogP contribution in [0.5, 0.6) is 0 Å². The van der Waals surface area contributed by atoms with E-state index >= 15 is 0 Å². The lowest BCUT2D eigenvalue weighted by atomic mass is 10.0. The third-order valence-corrected chi connectivity index (χ3v) is 3.88. The summed E-state index contributed by atoms with van der Waals surface area (Å²) in [4.78, 5) is 23.8. The van der Waals surface area contributed by atoms with Crippen LogP contribution in [-0.2, 0) is 9.53 Å². The van der Waals surface area contributed by atoms with Crippen molar-refractivity contribution in [1.82, 2.24) is 5.32 Å². The Balaban J connectivity index is 2.25. The van der Waals surface area contributed by atoms with E-state index < -0.39 is 29.6 Å². The molecule has 2 rings (SSSR count). The zero-order valence-electron chi connectivity index (χ0n) is 12.7. The highest BCUT2D eigenvalue weighted by atomic mass is 79.9. The van der Waals surface area contributed by atoms with Crippen molar-refractivity contribution in [2.45, 2.75) is 12.5 Å². The number of ether oxygens (including phenoxy) is 1. The largest absolute Gasteiger partial charge is 0.469 e. The highest BCUT2D eigenvalue weighted by Crippen LogP contribution is 2.21.